The number of carbonyl (C=O) groups excluding carboxylic acids is 1. The SMILES string of the molecule is Cc1sc2nc(-c3cccnc3)nc(NCc3cccc(C(N)=O)c3)c2c1C. The number of anilines is 1. The Morgan fingerprint density at radius 2 is 2.04 bits per heavy atom. The number of nitrogens with one attached hydrogen (secondary N) is 1. The molecule has 0 atom stereocenters. The molecular weight excluding hydrogens is 370 g/mol. The Morgan fingerprint density at radius 1 is 1.18 bits per heavy atom. The van der Waals surface area contributed by atoms with Crippen molar-refractivity contribution >= 4 is 33.3 Å². The standard InChI is InChI=1S/C21H19N5OS/c1-12-13(2)28-21-17(12)20(25-19(26-21)16-7-4-8-23-11-16)24-10-14-5-3-6-15(9-14)18(22)27/h3-9,11H,10H2,1-2H3,(H2,22,27)(H,24,25,26). The van der Waals surface area contributed by atoms with Gasteiger partial charge in [-0.05, 0) is 49.2 Å². The monoisotopic (exact) mass is 389 g/mol. The minimum atomic E-state index is -0.436. The molecule has 0 aliphatic heterocycles. The van der Waals surface area contributed by atoms with E-state index >= 15 is 0 Å². The number of fused-ring (bicyclic) bond motifs is 1. The average molecular weight is 389 g/mol. The van der Waals surface area contributed by atoms with Gasteiger partial charge in [0.15, 0.2) is 5.82 Å². The van der Waals surface area contributed by atoms with Crippen molar-refractivity contribution in [3.05, 3.63) is 70.4 Å². The normalized spacial score (nSPS) is 10.9. The third kappa shape index (κ3) is 3.44. The Hall–Kier alpha value is -3.32. The van der Waals surface area contributed by atoms with Crippen molar-refractivity contribution in [3.8, 4) is 11.4 Å². The highest BCUT2D eigenvalue weighted by Gasteiger charge is 2.15. The molecule has 0 aliphatic carbocycles. The first kappa shape index (κ1) is 18.1. The van der Waals surface area contributed by atoms with Gasteiger partial charge in [0, 0.05) is 34.9 Å². The fourth-order valence-electron chi connectivity index (χ4n) is 3.02. The maximum atomic E-state index is 11.4. The molecule has 0 saturated heterocycles. The van der Waals surface area contributed by atoms with Crippen LogP contribution in [0.25, 0.3) is 21.6 Å². The van der Waals surface area contributed by atoms with Gasteiger partial charge in [-0.25, -0.2) is 9.97 Å². The van der Waals surface area contributed by atoms with Crippen LogP contribution in [0.5, 0.6) is 0 Å². The van der Waals surface area contributed by atoms with Crippen molar-refractivity contribution in [2.24, 2.45) is 5.73 Å². The lowest BCUT2D eigenvalue weighted by Crippen LogP contribution is -2.11. The summed E-state index contributed by atoms with van der Waals surface area (Å²) < 4.78 is 0. The second kappa shape index (κ2) is 7.36. The van der Waals surface area contributed by atoms with Gasteiger partial charge in [-0.2, -0.15) is 0 Å². The maximum absolute atomic E-state index is 11.4. The highest BCUT2D eigenvalue weighted by molar-refractivity contribution is 7.18. The quantitative estimate of drug-likeness (QED) is 0.536. The van der Waals surface area contributed by atoms with Crippen LogP contribution in [0.15, 0.2) is 48.8 Å². The van der Waals surface area contributed by atoms with E-state index in [9.17, 15) is 4.79 Å². The molecule has 4 rings (SSSR count). The summed E-state index contributed by atoms with van der Waals surface area (Å²) in [5.41, 5.74) is 8.87. The fourth-order valence-corrected chi connectivity index (χ4v) is 4.05. The summed E-state index contributed by atoms with van der Waals surface area (Å²) in [5.74, 6) is 0.972. The Labute approximate surface area is 166 Å². The highest BCUT2D eigenvalue weighted by Crippen LogP contribution is 2.35. The first-order chi connectivity index (χ1) is 13.5. The minimum absolute atomic E-state index is 0.436. The summed E-state index contributed by atoms with van der Waals surface area (Å²) in [6.07, 6.45) is 3.49. The number of carbonyl (C=O) groups is 1. The van der Waals surface area contributed by atoms with E-state index in [1.165, 1.54) is 10.4 Å². The van der Waals surface area contributed by atoms with Crippen LogP contribution in [0.2, 0.25) is 0 Å². The molecule has 0 unspecified atom stereocenters. The summed E-state index contributed by atoms with van der Waals surface area (Å²) in [7, 11) is 0. The fraction of sp³-hybridized carbons (Fsp3) is 0.143. The largest absolute Gasteiger partial charge is 0.366 e. The summed E-state index contributed by atoms with van der Waals surface area (Å²) in [6, 6.07) is 11.1. The zero-order chi connectivity index (χ0) is 19.7. The molecule has 3 N–H and O–H groups in total. The number of nitrogens with two attached hydrogens (primary N) is 1. The first-order valence-electron chi connectivity index (χ1n) is 8.83. The number of rotatable bonds is 5. The number of hydrogen-bond acceptors (Lipinski definition) is 6. The molecule has 0 saturated carbocycles. The molecule has 0 fully saturated rings. The van der Waals surface area contributed by atoms with E-state index in [4.69, 9.17) is 15.7 Å². The van der Waals surface area contributed by atoms with Crippen LogP contribution in [-0.4, -0.2) is 20.9 Å². The van der Waals surface area contributed by atoms with Crippen molar-refractivity contribution in [3.63, 3.8) is 0 Å². The second-order valence-corrected chi connectivity index (χ2v) is 7.72. The lowest BCUT2D eigenvalue weighted by atomic mass is 10.1. The number of amides is 1. The average Bonchev–Trinajstić information content (AvgIpc) is 3.01. The van der Waals surface area contributed by atoms with Gasteiger partial charge in [-0.15, -0.1) is 11.3 Å². The predicted molar refractivity (Wildman–Crippen MR) is 112 cm³/mol. The number of nitrogens with zero attached hydrogens (tertiary/aromatic N) is 3. The smallest absolute Gasteiger partial charge is 0.248 e. The number of benzene rings is 1. The number of hydrogen-bond donors (Lipinski definition) is 2. The van der Waals surface area contributed by atoms with Gasteiger partial charge in [-0.1, -0.05) is 12.1 Å². The van der Waals surface area contributed by atoms with E-state index in [1.807, 2.05) is 24.3 Å². The van der Waals surface area contributed by atoms with Crippen molar-refractivity contribution in [1.29, 1.82) is 0 Å². The van der Waals surface area contributed by atoms with Crippen molar-refractivity contribution in [1.82, 2.24) is 15.0 Å². The van der Waals surface area contributed by atoms with E-state index in [2.05, 4.69) is 24.1 Å². The maximum Gasteiger partial charge on any atom is 0.248 e. The second-order valence-electron chi connectivity index (χ2n) is 6.52. The number of thiophene rings is 1. The summed E-state index contributed by atoms with van der Waals surface area (Å²) in [6.45, 7) is 4.69. The molecule has 1 amide bonds. The number of aryl methyl sites for hydroxylation is 2. The summed E-state index contributed by atoms with van der Waals surface area (Å²) in [5, 5.41) is 4.45. The molecule has 140 valence electrons. The zero-order valence-corrected chi connectivity index (χ0v) is 16.4. The van der Waals surface area contributed by atoms with Crippen molar-refractivity contribution < 1.29 is 4.79 Å². The van der Waals surface area contributed by atoms with Gasteiger partial charge < -0.3 is 11.1 Å². The van der Waals surface area contributed by atoms with E-state index in [1.54, 1.807) is 35.9 Å². The number of pyridine rings is 1. The molecular formula is C21H19N5OS. The zero-order valence-electron chi connectivity index (χ0n) is 15.6. The molecule has 0 radical (unpaired) electrons. The molecule has 6 nitrogen and oxygen atoms in total. The van der Waals surface area contributed by atoms with E-state index in [0.29, 0.717) is 17.9 Å². The first-order valence-corrected chi connectivity index (χ1v) is 9.65. The molecule has 4 aromatic rings. The molecule has 0 spiro atoms. The molecule has 3 aromatic heterocycles. The number of aromatic nitrogens is 3. The van der Waals surface area contributed by atoms with Crippen LogP contribution >= 0.6 is 11.3 Å². The Kier molecular flexibility index (Phi) is 4.75. The van der Waals surface area contributed by atoms with Crippen molar-refractivity contribution in [2.45, 2.75) is 20.4 Å². The summed E-state index contributed by atoms with van der Waals surface area (Å²) in [4.78, 5) is 27.3. The van der Waals surface area contributed by atoms with Gasteiger partial charge in [0.2, 0.25) is 5.91 Å². The van der Waals surface area contributed by atoms with Gasteiger partial charge in [0.05, 0.1) is 5.39 Å². The lowest BCUT2D eigenvalue weighted by molar-refractivity contribution is 0.1000. The molecule has 7 heteroatoms. The van der Waals surface area contributed by atoms with Gasteiger partial charge >= 0.3 is 0 Å². The Balaban J connectivity index is 1.74. The third-order valence-corrected chi connectivity index (χ3v) is 5.72. The molecule has 1 aromatic carbocycles. The molecule has 28 heavy (non-hydrogen) atoms. The van der Waals surface area contributed by atoms with Crippen LogP contribution in [0.4, 0.5) is 5.82 Å². The van der Waals surface area contributed by atoms with Crippen LogP contribution in [-0.2, 0) is 6.54 Å². The minimum Gasteiger partial charge on any atom is -0.366 e. The Morgan fingerprint density at radius 3 is 2.79 bits per heavy atom. The van der Waals surface area contributed by atoms with E-state index in [0.717, 1.165) is 27.2 Å². The highest BCUT2D eigenvalue weighted by atomic mass is 32.1. The van der Waals surface area contributed by atoms with Crippen LogP contribution in [0.1, 0.15) is 26.4 Å². The van der Waals surface area contributed by atoms with Gasteiger partial charge in [0.1, 0.15) is 10.6 Å². The van der Waals surface area contributed by atoms with E-state index < -0.39 is 5.91 Å². The number of primary amides is 1. The molecule has 3 heterocycles. The Bertz CT molecular complexity index is 1170. The third-order valence-electron chi connectivity index (χ3n) is 4.62. The summed E-state index contributed by atoms with van der Waals surface area (Å²) >= 11 is 1.66. The lowest BCUT2D eigenvalue weighted by Gasteiger charge is -2.10. The van der Waals surface area contributed by atoms with Crippen LogP contribution < -0.4 is 11.1 Å². The molecule has 0 aliphatic rings. The van der Waals surface area contributed by atoms with Gasteiger partial charge in [0.25, 0.3) is 0 Å². The molecule has 0 bridgehead atoms. The van der Waals surface area contributed by atoms with Crippen LogP contribution in [0.3, 0.4) is 0 Å². The van der Waals surface area contributed by atoms with Crippen LogP contribution in [0, 0.1) is 13.8 Å². The predicted octanol–water partition coefficient (Wildman–Crippen LogP) is 4.08. The van der Waals surface area contributed by atoms with E-state index in [-0.39, 0.29) is 0 Å². The topological polar surface area (TPSA) is 93.8 Å². The van der Waals surface area contributed by atoms with Gasteiger partial charge in [-0.3, -0.25) is 9.78 Å². The van der Waals surface area contributed by atoms with Crippen molar-refractivity contribution in [2.75, 3.05) is 5.32 Å².